The Labute approximate surface area is 300 Å². The molecule has 0 aliphatic rings. The molecule has 0 saturated carbocycles. The van der Waals surface area contributed by atoms with E-state index in [-0.39, 0.29) is 27.3 Å². The molecule has 12 heteroatoms. The lowest BCUT2D eigenvalue weighted by atomic mass is 10.2. The molecule has 1 amide bonds. The molecule has 2 rings (SSSR count). The second-order valence-corrected chi connectivity index (χ2v) is 25.0. The molecule has 0 spiro atoms. The Balaban J connectivity index is -0.000000294. The smallest absolute Gasteiger partial charge is 0.413 e. The fourth-order valence-corrected chi connectivity index (χ4v) is 5.40. The number of hydrogen-bond donors (Lipinski definition) is 1. The van der Waals surface area contributed by atoms with Crippen molar-refractivity contribution in [2.75, 3.05) is 18.5 Å². The summed E-state index contributed by atoms with van der Waals surface area (Å²) in [4.78, 5) is 11.3. The Morgan fingerprint density at radius 2 is 1.21 bits per heavy atom. The predicted molar refractivity (Wildman–Crippen MR) is 214 cm³/mol. The third-order valence-corrected chi connectivity index (χ3v) is 16.9. The van der Waals surface area contributed by atoms with Crippen LogP contribution in [-0.2, 0) is 13.6 Å². The number of halogens is 1. The van der Waals surface area contributed by atoms with E-state index in [1.165, 1.54) is 4.68 Å². The zero-order chi connectivity index (χ0) is 34.4. The van der Waals surface area contributed by atoms with Crippen molar-refractivity contribution in [2.24, 2.45) is 0 Å². The monoisotopic (exact) mass is 761 g/mol. The van der Waals surface area contributed by atoms with E-state index >= 15 is 0 Å². The van der Waals surface area contributed by atoms with E-state index in [1.54, 1.807) is 45.4 Å². The van der Waals surface area contributed by atoms with Gasteiger partial charge in [0.25, 0.3) is 0 Å². The maximum atomic E-state index is 11.3. The molecule has 0 aromatic carbocycles. The molecule has 2 aromatic heterocycles. The van der Waals surface area contributed by atoms with Gasteiger partial charge in [0.2, 0.25) is 0 Å². The molecule has 0 bridgehead atoms. The average Bonchev–Trinajstić information content (AvgIpc) is 3.58. The summed E-state index contributed by atoms with van der Waals surface area (Å²) < 4.78 is 20.3. The molecule has 1 N–H and O–H groups in total. The van der Waals surface area contributed by atoms with E-state index in [2.05, 4.69) is 112 Å². The number of amides is 1. The van der Waals surface area contributed by atoms with Gasteiger partial charge in [-0.2, -0.15) is 10.2 Å². The summed E-state index contributed by atoms with van der Waals surface area (Å²) in [6.45, 7) is 37.4. The first-order chi connectivity index (χ1) is 19.9. The van der Waals surface area contributed by atoms with Crippen LogP contribution in [0.15, 0.2) is 50.1 Å². The molecule has 0 saturated heterocycles. The van der Waals surface area contributed by atoms with Gasteiger partial charge in [-0.05, 0) is 82.0 Å². The zero-order valence-electron chi connectivity index (χ0n) is 29.7. The van der Waals surface area contributed by atoms with Gasteiger partial charge < -0.3 is 13.6 Å². The van der Waals surface area contributed by atoms with Crippen LogP contribution in [0.4, 0.5) is 4.79 Å². The van der Waals surface area contributed by atoms with Crippen LogP contribution < -0.4 is 5.32 Å². The molecule has 0 aliphatic carbocycles. The van der Waals surface area contributed by atoms with Crippen molar-refractivity contribution in [1.82, 2.24) is 24.9 Å². The van der Waals surface area contributed by atoms with Gasteiger partial charge in [-0.25, -0.2) is 14.2 Å². The van der Waals surface area contributed by atoms with E-state index in [9.17, 15) is 4.79 Å². The van der Waals surface area contributed by atoms with Crippen LogP contribution in [0.1, 0.15) is 97.4 Å². The molecule has 0 fully saturated rings. The Morgan fingerprint density at radius 1 is 0.787 bits per heavy atom. The molecule has 2 heterocycles. The van der Waals surface area contributed by atoms with Crippen molar-refractivity contribution < 1.29 is 18.4 Å². The number of alkyl carbamates (subject to hydrolysis) is 1. The van der Waals surface area contributed by atoms with Gasteiger partial charge in [0, 0.05) is 49.0 Å². The number of nitrogens with one attached hydrogen (secondary N) is 1. The number of carbonyl (C=O) groups excluding carboxylic acids is 1. The molecule has 276 valence electrons. The fourth-order valence-electron chi connectivity index (χ4n) is 2.81. The molecule has 9 nitrogen and oxygen atoms in total. The first kappa shape index (κ1) is 51.8. The van der Waals surface area contributed by atoms with Crippen molar-refractivity contribution in [3.8, 4) is 0 Å². The number of alkyl halides is 1. The van der Waals surface area contributed by atoms with Crippen molar-refractivity contribution in [3.63, 3.8) is 0 Å². The SMILES string of the molecule is C.C.C.C=C(CCCO[Si](C)(C)C(C)(C)C)n1cccn1.C=C(NC(=O)OC(C)(C)C)n1cccn1.CC(C)(C)[Si](C)(C)OCCBr. The minimum absolute atomic E-state index is 0. The Morgan fingerprint density at radius 3 is 1.57 bits per heavy atom. The summed E-state index contributed by atoms with van der Waals surface area (Å²) in [6.07, 6.45) is 8.38. The largest absolute Gasteiger partial charge is 0.444 e. The highest BCUT2D eigenvalue weighted by Gasteiger charge is 2.37. The summed E-state index contributed by atoms with van der Waals surface area (Å²) in [6, 6.07) is 3.65. The van der Waals surface area contributed by atoms with Gasteiger partial charge in [0.15, 0.2) is 16.6 Å². The number of hydrogen-bond acceptors (Lipinski definition) is 6. The lowest BCUT2D eigenvalue weighted by molar-refractivity contribution is 0.0555. The van der Waals surface area contributed by atoms with Crippen LogP contribution in [-0.4, -0.2) is 66.4 Å². The van der Waals surface area contributed by atoms with Crippen molar-refractivity contribution in [3.05, 3.63) is 50.1 Å². The maximum absolute atomic E-state index is 11.3. The van der Waals surface area contributed by atoms with E-state index in [1.807, 2.05) is 16.9 Å². The summed E-state index contributed by atoms with van der Waals surface area (Å²) in [5.41, 5.74) is 0.507. The highest BCUT2D eigenvalue weighted by molar-refractivity contribution is 9.09. The zero-order valence-corrected chi connectivity index (χ0v) is 33.3. The molecular formula is C35H72BrN5O4Si2. The highest BCUT2D eigenvalue weighted by Crippen LogP contribution is 2.37. The second-order valence-electron chi connectivity index (χ2n) is 14.6. The van der Waals surface area contributed by atoms with E-state index in [0.717, 1.165) is 37.1 Å². The molecule has 0 atom stereocenters. The van der Waals surface area contributed by atoms with Gasteiger partial charge in [0.1, 0.15) is 11.4 Å². The lowest BCUT2D eigenvalue weighted by Gasteiger charge is -2.36. The van der Waals surface area contributed by atoms with Crippen molar-refractivity contribution in [1.29, 1.82) is 0 Å². The van der Waals surface area contributed by atoms with E-state index in [0.29, 0.717) is 10.9 Å². The predicted octanol–water partition coefficient (Wildman–Crippen LogP) is 11.3. The number of aromatic nitrogens is 4. The minimum atomic E-state index is -1.60. The third kappa shape index (κ3) is 21.6. The first-order valence-corrected chi connectivity index (χ1v) is 22.1. The van der Waals surface area contributed by atoms with E-state index in [4.69, 9.17) is 13.6 Å². The summed E-state index contributed by atoms with van der Waals surface area (Å²) in [7, 11) is -3.05. The normalized spacial score (nSPS) is 11.5. The topological polar surface area (TPSA) is 92.4 Å². The average molecular weight is 763 g/mol. The van der Waals surface area contributed by atoms with Gasteiger partial charge in [-0.3, -0.25) is 5.32 Å². The molecule has 0 aliphatic heterocycles. The number of nitrogens with zero attached hydrogens (tertiary/aromatic N) is 4. The van der Waals surface area contributed by atoms with Crippen LogP contribution in [0.2, 0.25) is 36.3 Å². The highest BCUT2D eigenvalue weighted by atomic mass is 79.9. The maximum Gasteiger partial charge on any atom is 0.413 e. The molecular weight excluding hydrogens is 690 g/mol. The Bertz CT molecular complexity index is 1120. The van der Waals surface area contributed by atoms with Gasteiger partial charge in [-0.15, -0.1) is 0 Å². The molecule has 2 aromatic rings. The van der Waals surface area contributed by atoms with Crippen molar-refractivity contribution >= 4 is 50.2 Å². The standard InChI is InChI=1S/C14H26N2OSi.C10H15N3O2.C8H19BrOSi.3CH4/c1-13(16-11-8-10-15-16)9-7-12-17-18(5,6)14(2,3)4;1-8(13-7-5-6-11-13)12-9(14)15-10(2,3)4;1-8(2,3)11(4,5)10-7-6-9;;;/h8,10-11H,1,7,9,12H2,2-6H3;5-7H,1H2,2-4H3,(H,12,14);6-7H2,1-5H3;3*1H4. The summed E-state index contributed by atoms with van der Waals surface area (Å²) in [5, 5.41) is 12.1. The number of ether oxygens (including phenoxy) is 1. The summed E-state index contributed by atoms with van der Waals surface area (Å²) in [5.74, 6) is 0.356. The number of carbonyl (C=O) groups is 1. The quantitative estimate of drug-likeness (QED) is 0.139. The number of allylic oxidation sites excluding steroid dienone is 1. The minimum Gasteiger partial charge on any atom is -0.444 e. The van der Waals surface area contributed by atoms with E-state index < -0.39 is 28.3 Å². The van der Waals surface area contributed by atoms with Crippen LogP contribution in [0.3, 0.4) is 0 Å². The van der Waals surface area contributed by atoms with Gasteiger partial charge in [0.05, 0.1) is 0 Å². The molecule has 0 unspecified atom stereocenters. The van der Waals surface area contributed by atoms with Gasteiger partial charge in [-0.1, -0.05) is 92.9 Å². The van der Waals surface area contributed by atoms with Crippen molar-refractivity contribution in [2.45, 2.75) is 139 Å². The van der Waals surface area contributed by atoms with Crippen LogP contribution in [0.5, 0.6) is 0 Å². The van der Waals surface area contributed by atoms with Crippen LogP contribution in [0, 0.1) is 0 Å². The van der Waals surface area contributed by atoms with Gasteiger partial charge >= 0.3 is 6.09 Å². The van der Waals surface area contributed by atoms with Crippen LogP contribution in [0.25, 0.3) is 11.5 Å². The Kier molecular flexibility index (Phi) is 24.9. The summed E-state index contributed by atoms with van der Waals surface area (Å²) >= 11 is 3.37. The van der Waals surface area contributed by atoms with Crippen LogP contribution >= 0.6 is 15.9 Å². The lowest BCUT2D eigenvalue weighted by Crippen LogP contribution is -2.41. The first-order valence-electron chi connectivity index (χ1n) is 15.1. The fraction of sp³-hybridized carbons (Fsp3) is 0.686. The molecule has 0 radical (unpaired) electrons. The number of rotatable bonds is 11. The second kappa shape index (κ2) is 22.6. The Hall–Kier alpha value is -2.00. The molecule has 47 heavy (non-hydrogen) atoms. The third-order valence-electron chi connectivity index (χ3n) is 7.48.